The monoisotopic (exact) mass is 645 g/mol. The van der Waals surface area contributed by atoms with E-state index in [4.69, 9.17) is 23.2 Å². The van der Waals surface area contributed by atoms with Crippen LogP contribution in [0.2, 0.25) is 10.0 Å². The Labute approximate surface area is 266 Å². The molecule has 1 unspecified atom stereocenters. The molecule has 10 heteroatoms. The molecule has 0 fully saturated rings. The van der Waals surface area contributed by atoms with Crippen LogP contribution in [0.4, 0.5) is 5.69 Å². The van der Waals surface area contributed by atoms with Crippen LogP contribution in [0.3, 0.4) is 0 Å². The molecule has 2 amide bonds. The molecule has 0 aliphatic heterocycles. The summed E-state index contributed by atoms with van der Waals surface area (Å²) in [5.41, 5.74) is 3.86. The molecule has 1 atom stereocenters. The molecule has 0 aliphatic rings. The number of anilines is 1. The molecule has 3 aromatic rings. The Morgan fingerprint density at radius 2 is 1.53 bits per heavy atom. The molecular formula is C33H41Cl2N3O4S. The minimum atomic E-state index is -3.61. The normalized spacial score (nSPS) is 12.2. The predicted molar refractivity (Wildman–Crippen MR) is 176 cm³/mol. The Kier molecular flexibility index (Phi) is 12.5. The Bertz CT molecular complexity index is 1490. The fraction of sp³-hybridized carbons (Fsp3) is 0.394. The van der Waals surface area contributed by atoms with Gasteiger partial charge in [-0.15, -0.1) is 0 Å². The molecule has 43 heavy (non-hydrogen) atoms. The summed E-state index contributed by atoms with van der Waals surface area (Å²) in [5, 5.41) is 3.78. The Hall–Kier alpha value is -3.07. The Morgan fingerprint density at radius 3 is 2.14 bits per heavy atom. The van der Waals surface area contributed by atoms with E-state index in [0.717, 1.165) is 22.9 Å². The highest BCUT2D eigenvalue weighted by Gasteiger charge is 2.31. The number of rotatable bonds is 14. The summed E-state index contributed by atoms with van der Waals surface area (Å²) in [6, 6.07) is 19.3. The van der Waals surface area contributed by atoms with Crippen molar-refractivity contribution in [1.82, 2.24) is 10.2 Å². The van der Waals surface area contributed by atoms with Crippen molar-refractivity contribution in [3.8, 4) is 0 Å². The van der Waals surface area contributed by atoms with Crippen molar-refractivity contribution >= 4 is 50.7 Å². The van der Waals surface area contributed by atoms with Crippen molar-refractivity contribution in [2.45, 2.75) is 59.5 Å². The lowest BCUT2D eigenvalue weighted by atomic mass is 10.0. The summed E-state index contributed by atoms with van der Waals surface area (Å²) < 4.78 is 26.9. The number of hydrogen-bond acceptors (Lipinski definition) is 4. The van der Waals surface area contributed by atoms with Gasteiger partial charge in [0.15, 0.2) is 0 Å². The molecule has 7 nitrogen and oxygen atoms in total. The predicted octanol–water partition coefficient (Wildman–Crippen LogP) is 6.57. The first-order valence-electron chi connectivity index (χ1n) is 14.4. The zero-order valence-corrected chi connectivity index (χ0v) is 27.8. The van der Waals surface area contributed by atoms with Gasteiger partial charge in [-0.1, -0.05) is 85.6 Å². The van der Waals surface area contributed by atoms with Crippen LogP contribution in [-0.4, -0.2) is 50.5 Å². The van der Waals surface area contributed by atoms with Gasteiger partial charge in [0.25, 0.3) is 0 Å². The summed E-state index contributed by atoms with van der Waals surface area (Å²) in [7, 11) is -3.61. The van der Waals surface area contributed by atoms with Gasteiger partial charge < -0.3 is 10.2 Å². The molecule has 0 aromatic heterocycles. The van der Waals surface area contributed by atoms with E-state index in [1.54, 1.807) is 24.3 Å². The summed E-state index contributed by atoms with van der Waals surface area (Å²) in [6.07, 6.45) is 1.72. The molecule has 1 N–H and O–H groups in total. The van der Waals surface area contributed by atoms with Crippen LogP contribution in [-0.2, 0) is 32.6 Å². The number of aryl methyl sites for hydroxylation is 1. The highest BCUT2D eigenvalue weighted by molar-refractivity contribution is 7.92. The molecule has 0 bridgehead atoms. The Morgan fingerprint density at radius 1 is 0.907 bits per heavy atom. The number of amides is 2. The largest absolute Gasteiger partial charge is 0.354 e. The molecule has 3 aromatic carbocycles. The second kappa shape index (κ2) is 15.6. The van der Waals surface area contributed by atoms with Crippen LogP contribution >= 0.6 is 23.2 Å². The first-order valence-corrected chi connectivity index (χ1v) is 17.0. The second-order valence-corrected chi connectivity index (χ2v) is 13.9. The maximum absolute atomic E-state index is 14.0. The highest BCUT2D eigenvalue weighted by atomic mass is 35.5. The smallest absolute Gasteiger partial charge is 0.243 e. The number of benzene rings is 3. The maximum atomic E-state index is 14.0. The van der Waals surface area contributed by atoms with Crippen molar-refractivity contribution in [1.29, 1.82) is 0 Å². The number of carbonyl (C=O) groups is 2. The van der Waals surface area contributed by atoms with E-state index >= 15 is 0 Å². The van der Waals surface area contributed by atoms with Crippen molar-refractivity contribution in [3.05, 3.63) is 99.0 Å². The van der Waals surface area contributed by atoms with Gasteiger partial charge in [-0.25, -0.2) is 8.42 Å². The zero-order chi connectivity index (χ0) is 31.7. The molecular weight excluding hydrogens is 605 g/mol. The average Bonchev–Trinajstić information content (AvgIpc) is 2.94. The van der Waals surface area contributed by atoms with Crippen molar-refractivity contribution < 1.29 is 18.0 Å². The third-order valence-corrected chi connectivity index (χ3v) is 9.23. The van der Waals surface area contributed by atoms with Crippen LogP contribution in [0.15, 0.2) is 66.7 Å². The number of nitrogens with one attached hydrogen (secondary N) is 1. The lowest BCUT2D eigenvalue weighted by Gasteiger charge is -2.32. The lowest BCUT2D eigenvalue weighted by molar-refractivity contribution is -0.141. The molecule has 0 saturated carbocycles. The van der Waals surface area contributed by atoms with E-state index < -0.39 is 16.1 Å². The van der Waals surface area contributed by atoms with Gasteiger partial charge in [0.1, 0.15) is 6.04 Å². The second-order valence-electron chi connectivity index (χ2n) is 11.2. The zero-order valence-electron chi connectivity index (χ0n) is 25.4. The first kappa shape index (κ1) is 34.4. The minimum Gasteiger partial charge on any atom is -0.354 e. The van der Waals surface area contributed by atoms with E-state index in [0.29, 0.717) is 27.8 Å². The quantitative estimate of drug-likeness (QED) is 0.215. The maximum Gasteiger partial charge on any atom is 0.243 e. The summed E-state index contributed by atoms with van der Waals surface area (Å²) in [6.45, 7) is 8.41. The SMILES string of the molecule is Cc1cccc(N(CCCC(=O)N(Cc2c(Cl)cccc2Cl)C(Cc2ccccc2)C(=O)NCC(C)C)S(C)(=O)=O)c1C. The molecule has 0 heterocycles. The number of halogens is 2. The van der Waals surface area contributed by atoms with Crippen LogP contribution in [0.25, 0.3) is 0 Å². The van der Waals surface area contributed by atoms with Crippen molar-refractivity contribution in [3.63, 3.8) is 0 Å². The van der Waals surface area contributed by atoms with Gasteiger partial charge in [0.2, 0.25) is 21.8 Å². The third-order valence-electron chi connectivity index (χ3n) is 7.34. The molecule has 232 valence electrons. The fourth-order valence-electron chi connectivity index (χ4n) is 4.82. The number of sulfonamides is 1. The van der Waals surface area contributed by atoms with Crippen LogP contribution in [0.5, 0.6) is 0 Å². The van der Waals surface area contributed by atoms with Crippen molar-refractivity contribution in [2.24, 2.45) is 5.92 Å². The summed E-state index contributed by atoms with van der Waals surface area (Å²) >= 11 is 13.0. The van der Waals surface area contributed by atoms with Gasteiger partial charge in [0, 0.05) is 48.1 Å². The van der Waals surface area contributed by atoms with Gasteiger partial charge in [-0.3, -0.25) is 13.9 Å². The van der Waals surface area contributed by atoms with Crippen LogP contribution in [0, 0.1) is 19.8 Å². The third kappa shape index (κ3) is 9.71. The standard InChI is InChI=1S/C33H41Cl2N3O4S/c1-23(2)21-36-33(40)31(20-26-13-7-6-8-14-26)37(22-27-28(34)15-10-16-29(27)35)32(39)18-11-19-38(43(5,41)42)30-17-9-12-24(3)25(30)4/h6-10,12-17,23,31H,11,18-22H2,1-5H3,(H,36,40). The fourth-order valence-corrected chi connectivity index (χ4v) is 6.35. The average molecular weight is 647 g/mol. The van der Waals surface area contributed by atoms with E-state index in [9.17, 15) is 18.0 Å². The summed E-state index contributed by atoms with van der Waals surface area (Å²) in [5.74, 6) is -0.358. The number of carbonyl (C=O) groups excluding carboxylic acids is 2. The van der Waals surface area contributed by atoms with E-state index in [1.807, 2.05) is 70.2 Å². The molecule has 0 aliphatic carbocycles. The minimum absolute atomic E-state index is 0.0156. The number of nitrogens with zero attached hydrogens (tertiary/aromatic N) is 2. The van der Waals surface area contributed by atoms with Crippen LogP contribution in [0.1, 0.15) is 48.9 Å². The van der Waals surface area contributed by atoms with E-state index in [1.165, 1.54) is 9.21 Å². The lowest BCUT2D eigenvalue weighted by Crippen LogP contribution is -2.51. The van der Waals surface area contributed by atoms with Crippen LogP contribution < -0.4 is 9.62 Å². The van der Waals surface area contributed by atoms with Gasteiger partial charge in [-0.05, 0) is 61.1 Å². The molecule has 3 rings (SSSR count). The van der Waals surface area contributed by atoms with Gasteiger partial charge >= 0.3 is 0 Å². The topological polar surface area (TPSA) is 86.8 Å². The number of hydrogen-bond donors (Lipinski definition) is 1. The highest BCUT2D eigenvalue weighted by Crippen LogP contribution is 2.29. The molecule has 0 spiro atoms. The van der Waals surface area contributed by atoms with Gasteiger partial charge in [0.05, 0.1) is 11.9 Å². The summed E-state index contributed by atoms with van der Waals surface area (Å²) in [4.78, 5) is 29.2. The van der Waals surface area contributed by atoms with E-state index in [2.05, 4.69) is 5.32 Å². The molecule has 0 radical (unpaired) electrons. The first-order chi connectivity index (χ1) is 20.3. The van der Waals surface area contributed by atoms with E-state index in [-0.39, 0.29) is 50.1 Å². The van der Waals surface area contributed by atoms with Crippen molar-refractivity contribution in [2.75, 3.05) is 23.7 Å². The molecule has 0 saturated heterocycles. The van der Waals surface area contributed by atoms with Gasteiger partial charge in [-0.2, -0.15) is 0 Å². The Balaban J connectivity index is 1.94.